The van der Waals surface area contributed by atoms with Crippen LogP contribution in [0.25, 0.3) is 0 Å². The predicted octanol–water partition coefficient (Wildman–Crippen LogP) is 1.66. The van der Waals surface area contributed by atoms with Gasteiger partial charge in [-0.1, -0.05) is 23.9 Å². The number of H-pyrrole nitrogens is 1. The second-order valence-electron chi connectivity index (χ2n) is 3.65. The van der Waals surface area contributed by atoms with Gasteiger partial charge in [0.15, 0.2) is 5.16 Å². The highest BCUT2D eigenvalue weighted by atomic mass is 32.2. The molecule has 0 amide bonds. The number of nitrogen functional groups attached to an aromatic ring is 1. The zero-order valence-corrected chi connectivity index (χ0v) is 10.5. The van der Waals surface area contributed by atoms with Crippen molar-refractivity contribution in [2.24, 2.45) is 0 Å². The first-order valence-electron chi connectivity index (χ1n) is 5.27. The Morgan fingerprint density at radius 3 is 3.00 bits per heavy atom. The number of hydrogen-bond donors (Lipinski definition) is 2. The van der Waals surface area contributed by atoms with E-state index in [1.165, 1.54) is 12.1 Å². The molecule has 0 saturated heterocycles. The number of rotatable bonds is 3. The second-order valence-corrected chi connectivity index (χ2v) is 4.62. The minimum Gasteiger partial charge on any atom is -0.383 e. The SMILES string of the molecule is N#Cc1cccc(CSc2nc(N)cc(=O)[nH]2)c1F. The molecule has 2 rings (SSSR count). The summed E-state index contributed by atoms with van der Waals surface area (Å²) in [5, 5.41) is 9.04. The van der Waals surface area contributed by atoms with Crippen molar-refractivity contribution in [1.82, 2.24) is 9.97 Å². The number of nitrogens with zero attached hydrogens (tertiary/aromatic N) is 2. The van der Waals surface area contributed by atoms with Gasteiger partial charge in [0.05, 0.1) is 5.56 Å². The minimum absolute atomic E-state index is 0.00729. The fourth-order valence-corrected chi connectivity index (χ4v) is 2.30. The van der Waals surface area contributed by atoms with Crippen LogP contribution in [-0.4, -0.2) is 9.97 Å². The predicted molar refractivity (Wildman–Crippen MR) is 69.9 cm³/mol. The highest BCUT2D eigenvalue weighted by Gasteiger charge is 2.08. The number of hydrogen-bond acceptors (Lipinski definition) is 5. The Bertz CT molecular complexity index is 708. The van der Waals surface area contributed by atoms with Gasteiger partial charge in [-0.15, -0.1) is 0 Å². The van der Waals surface area contributed by atoms with Crippen LogP contribution in [0.15, 0.2) is 34.2 Å². The Balaban J connectivity index is 2.19. The molecular formula is C12H9FN4OS. The maximum Gasteiger partial charge on any atom is 0.253 e. The lowest BCUT2D eigenvalue weighted by Crippen LogP contribution is -2.09. The molecule has 0 aliphatic rings. The van der Waals surface area contributed by atoms with Crippen molar-refractivity contribution >= 4 is 17.6 Å². The molecule has 0 atom stereocenters. The number of thioether (sulfide) groups is 1. The van der Waals surface area contributed by atoms with Crippen molar-refractivity contribution < 1.29 is 4.39 Å². The van der Waals surface area contributed by atoms with E-state index < -0.39 is 5.82 Å². The van der Waals surface area contributed by atoms with E-state index in [9.17, 15) is 9.18 Å². The van der Waals surface area contributed by atoms with E-state index in [4.69, 9.17) is 11.0 Å². The molecule has 1 aromatic carbocycles. The van der Waals surface area contributed by atoms with Gasteiger partial charge in [-0.3, -0.25) is 4.79 Å². The summed E-state index contributed by atoms with van der Waals surface area (Å²) in [5.41, 5.74) is 5.44. The standard InChI is InChI=1S/C12H9FN4OS/c13-11-7(5-14)2-1-3-8(11)6-19-12-16-9(15)4-10(18)17-12/h1-4H,6H2,(H3,15,16,17,18). The Labute approximate surface area is 112 Å². The summed E-state index contributed by atoms with van der Waals surface area (Å²) in [6.07, 6.45) is 0. The van der Waals surface area contributed by atoms with Crippen LogP contribution in [0.3, 0.4) is 0 Å². The van der Waals surface area contributed by atoms with E-state index in [1.54, 1.807) is 18.2 Å². The molecule has 1 aromatic heterocycles. The summed E-state index contributed by atoms with van der Waals surface area (Å²) >= 11 is 1.14. The Morgan fingerprint density at radius 2 is 2.32 bits per heavy atom. The molecule has 1 heterocycles. The molecule has 0 aliphatic heterocycles. The van der Waals surface area contributed by atoms with E-state index in [1.807, 2.05) is 0 Å². The van der Waals surface area contributed by atoms with Crippen LogP contribution in [0, 0.1) is 17.1 Å². The Hall–Kier alpha value is -2.33. The average molecular weight is 276 g/mol. The molecular weight excluding hydrogens is 267 g/mol. The molecule has 19 heavy (non-hydrogen) atoms. The summed E-state index contributed by atoms with van der Waals surface area (Å²) in [7, 11) is 0. The summed E-state index contributed by atoms with van der Waals surface area (Å²) in [4.78, 5) is 17.6. The number of aromatic nitrogens is 2. The van der Waals surface area contributed by atoms with Gasteiger partial charge in [-0.2, -0.15) is 5.26 Å². The van der Waals surface area contributed by atoms with Crippen LogP contribution in [0.1, 0.15) is 11.1 Å². The number of nitrogens with one attached hydrogen (secondary N) is 1. The molecule has 0 fully saturated rings. The lowest BCUT2D eigenvalue weighted by molar-refractivity contribution is 0.613. The van der Waals surface area contributed by atoms with Gasteiger partial charge in [-0.25, -0.2) is 9.37 Å². The van der Waals surface area contributed by atoms with Gasteiger partial charge in [0.1, 0.15) is 17.7 Å². The summed E-state index contributed by atoms with van der Waals surface area (Å²) in [5.74, 6) is -0.199. The molecule has 5 nitrogen and oxygen atoms in total. The summed E-state index contributed by atoms with van der Waals surface area (Å²) in [6.45, 7) is 0. The molecule has 0 unspecified atom stereocenters. The smallest absolute Gasteiger partial charge is 0.253 e. The van der Waals surface area contributed by atoms with Crippen LogP contribution >= 0.6 is 11.8 Å². The van der Waals surface area contributed by atoms with Gasteiger partial charge in [0.25, 0.3) is 5.56 Å². The van der Waals surface area contributed by atoms with Crippen LogP contribution in [-0.2, 0) is 5.75 Å². The van der Waals surface area contributed by atoms with Crippen LogP contribution in [0.2, 0.25) is 0 Å². The van der Waals surface area contributed by atoms with E-state index in [2.05, 4.69) is 9.97 Å². The topological polar surface area (TPSA) is 95.6 Å². The van der Waals surface area contributed by atoms with Crippen molar-refractivity contribution in [3.8, 4) is 6.07 Å². The van der Waals surface area contributed by atoms with E-state index >= 15 is 0 Å². The van der Waals surface area contributed by atoms with Crippen molar-refractivity contribution in [3.05, 3.63) is 51.6 Å². The molecule has 0 aliphatic carbocycles. The maximum absolute atomic E-state index is 13.8. The van der Waals surface area contributed by atoms with Crippen molar-refractivity contribution in [2.45, 2.75) is 10.9 Å². The number of anilines is 1. The molecule has 3 N–H and O–H groups in total. The third kappa shape index (κ3) is 3.11. The van der Waals surface area contributed by atoms with Gasteiger partial charge in [0, 0.05) is 11.8 Å². The number of halogens is 1. The first kappa shape index (κ1) is 13.1. The second kappa shape index (κ2) is 5.54. The van der Waals surface area contributed by atoms with Gasteiger partial charge >= 0.3 is 0 Å². The highest BCUT2D eigenvalue weighted by molar-refractivity contribution is 7.98. The summed E-state index contributed by atoms with van der Waals surface area (Å²) in [6, 6.07) is 7.53. The van der Waals surface area contributed by atoms with Crippen LogP contribution < -0.4 is 11.3 Å². The van der Waals surface area contributed by atoms with Crippen molar-refractivity contribution in [1.29, 1.82) is 5.26 Å². The number of nitriles is 1. The quantitative estimate of drug-likeness (QED) is 0.656. The van der Waals surface area contributed by atoms with Crippen molar-refractivity contribution in [2.75, 3.05) is 5.73 Å². The third-order valence-electron chi connectivity index (χ3n) is 2.30. The van der Waals surface area contributed by atoms with E-state index in [-0.39, 0.29) is 22.7 Å². The minimum atomic E-state index is -0.552. The molecule has 0 bridgehead atoms. The fraction of sp³-hybridized carbons (Fsp3) is 0.0833. The van der Waals surface area contributed by atoms with Crippen LogP contribution in [0.4, 0.5) is 10.2 Å². The number of benzene rings is 1. The average Bonchev–Trinajstić information content (AvgIpc) is 2.36. The van der Waals surface area contributed by atoms with Gasteiger partial charge < -0.3 is 10.7 Å². The van der Waals surface area contributed by atoms with Gasteiger partial charge in [0.2, 0.25) is 0 Å². The van der Waals surface area contributed by atoms with E-state index in [0.29, 0.717) is 10.7 Å². The Kier molecular flexibility index (Phi) is 3.82. The molecule has 2 aromatic rings. The molecule has 0 spiro atoms. The summed E-state index contributed by atoms with van der Waals surface area (Å²) < 4.78 is 13.8. The molecule has 0 saturated carbocycles. The van der Waals surface area contributed by atoms with Crippen LogP contribution in [0.5, 0.6) is 0 Å². The normalized spacial score (nSPS) is 10.1. The lowest BCUT2D eigenvalue weighted by Gasteiger charge is -2.04. The molecule has 96 valence electrons. The third-order valence-corrected chi connectivity index (χ3v) is 3.23. The maximum atomic E-state index is 13.8. The number of aromatic amines is 1. The van der Waals surface area contributed by atoms with E-state index in [0.717, 1.165) is 11.8 Å². The fourth-order valence-electron chi connectivity index (χ4n) is 1.45. The largest absolute Gasteiger partial charge is 0.383 e. The highest BCUT2D eigenvalue weighted by Crippen LogP contribution is 2.22. The number of nitrogens with two attached hydrogens (primary N) is 1. The monoisotopic (exact) mass is 276 g/mol. The first-order valence-corrected chi connectivity index (χ1v) is 6.26. The zero-order chi connectivity index (χ0) is 13.8. The molecule has 7 heteroatoms. The Morgan fingerprint density at radius 1 is 1.53 bits per heavy atom. The van der Waals surface area contributed by atoms with Crippen molar-refractivity contribution in [3.63, 3.8) is 0 Å². The zero-order valence-electron chi connectivity index (χ0n) is 9.68. The first-order chi connectivity index (χ1) is 9.10. The van der Waals surface area contributed by atoms with Gasteiger partial charge in [-0.05, 0) is 11.6 Å². The molecule has 0 radical (unpaired) electrons. The lowest BCUT2D eigenvalue weighted by atomic mass is 10.1.